The molecule has 94 valence electrons. The first-order valence-corrected chi connectivity index (χ1v) is 6.65. The van der Waals surface area contributed by atoms with Gasteiger partial charge in [0.25, 0.3) is 0 Å². The molecule has 0 saturated carbocycles. The smallest absolute Gasteiger partial charge is 0.206 e. The number of rotatable bonds is 0. The van der Waals surface area contributed by atoms with Crippen LogP contribution in [-0.4, -0.2) is 12.2 Å². The summed E-state index contributed by atoms with van der Waals surface area (Å²) in [5.41, 5.74) is -0.433. The minimum atomic E-state index is -0.433. The molecule has 3 aromatic carbocycles. The summed E-state index contributed by atoms with van der Waals surface area (Å²) in [6, 6.07) is 16.4. The van der Waals surface area contributed by atoms with Gasteiger partial charge in [0.15, 0.2) is 11.5 Å². The van der Waals surface area contributed by atoms with Crippen LogP contribution in [0.15, 0.2) is 48.5 Å². The van der Waals surface area contributed by atoms with Gasteiger partial charge >= 0.3 is 0 Å². The lowest BCUT2D eigenvalue weighted by atomic mass is 10.00. The highest BCUT2D eigenvalue weighted by atomic mass is 35.5. The summed E-state index contributed by atoms with van der Waals surface area (Å²) in [5, 5.41) is 4.45. The van der Waals surface area contributed by atoms with Gasteiger partial charge in [-0.3, -0.25) is 0 Å². The Morgan fingerprint density at radius 3 is 1.95 bits per heavy atom. The molecule has 0 N–H and O–H groups in total. The summed E-state index contributed by atoms with van der Waals surface area (Å²) in [6.45, 7) is 0.372. The van der Waals surface area contributed by atoms with Crippen molar-refractivity contribution in [1.29, 1.82) is 0 Å². The van der Waals surface area contributed by atoms with Crippen molar-refractivity contribution in [3.63, 3.8) is 0 Å². The van der Waals surface area contributed by atoms with Gasteiger partial charge in [0, 0.05) is 10.8 Å². The molecule has 2 nitrogen and oxygen atoms in total. The molecule has 3 aromatic rings. The Bertz CT molecular complexity index is 782. The molecule has 4 rings (SSSR count). The zero-order chi connectivity index (χ0) is 12.8. The van der Waals surface area contributed by atoms with Crippen LogP contribution in [0.4, 0.5) is 0 Å². The molecule has 0 amide bonds. The lowest BCUT2D eigenvalue weighted by molar-refractivity contribution is 0.148. The Hall–Kier alpha value is -1.93. The first kappa shape index (κ1) is 10.9. The fourth-order valence-corrected chi connectivity index (χ4v) is 2.80. The van der Waals surface area contributed by atoms with Crippen molar-refractivity contribution in [3.8, 4) is 11.5 Å². The van der Waals surface area contributed by atoms with Crippen molar-refractivity contribution in [2.75, 3.05) is 6.61 Å². The van der Waals surface area contributed by atoms with Gasteiger partial charge in [0.2, 0.25) is 5.56 Å². The second-order valence-electron chi connectivity index (χ2n) is 4.59. The number of hydrogen-bond donors (Lipinski definition) is 0. The molecule has 0 radical (unpaired) electrons. The van der Waals surface area contributed by atoms with E-state index in [1.54, 1.807) is 0 Å². The van der Waals surface area contributed by atoms with Crippen LogP contribution in [-0.2, 0) is 0 Å². The third kappa shape index (κ3) is 1.57. The summed E-state index contributed by atoms with van der Waals surface area (Å²) in [4.78, 5) is 0. The van der Waals surface area contributed by atoms with E-state index < -0.39 is 5.56 Å². The summed E-state index contributed by atoms with van der Waals surface area (Å²) in [6.07, 6.45) is 0. The lowest BCUT2D eigenvalue weighted by Gasteiger charge is -2.25. The van der Waals surface area contributed by atoms with Gasteiger partial charge in [-0.1, -0.05) is 60.1 Å². The highest BCUT2D eigenvalue weighted by molar-refractivity contribution is 6.20. The predicted molar refractivity (Wildman–Crippen MR) is 77.2 cm³/mol. The molecule has 0 aromatic heterocycles. The van der Waals surface area contributed by atoms with E-state index >= 15 is 0 Å². The number of ether oxygens (including phenoxy) is 2. The van der Waals surface area contributed by atoms with Crippen LogP contribution in [0.25, 0.3) is 21.5 Å². The van der Waals surface area contributed by atoms with Crippen LogP contribution in [0, 0.1) is 0 Å². The van der Waals surface area contributed by atoms with E-state index in [1.807, 2.05) is 30.3 Å². The highest BCUT2D eigenvalue weighted by Gasteiger charge is 2.24. The minimum Gasteiger partial charge on any atom is -0.484 e. The maximum atomic E-state index is 6.05. The summed E-state index contributed by atoms with van der Waals surface area (Å²) < 4.78 is 11.6. The quantitative estimate of drug-likeness (QED) is 0.447. The Balaban J connectivity index is 2.22. The predicted octanol–water partition coefficient (Wildman–Crippen LogP) is 4.33. The van der Waals surface area contributed by atoms with Crippen molar-refractivity contribution in [1.82, 2.24) is 0 Å². The van der Waals surface area contributed by atoms with Gasteiger partial charge in [-0.15, -0.1) is 0 Å². The van der Waals surface area contributed by atoms with Crippen molar-refractivity contribution >= 4 is 33.1 Å². The second-order valence-corrected chi connectivity index (χ2v) is 5.08. The van der Waals surface area contributed by atoms with E-state index in [2.05, 4.69) is 18.2 Å². The molecule has 0 saturated heterocycles. The summed E-state index contributed by atoms with van der Waals surface area (Å²) in [5.74, 6) is 1.55. The normalized spacial score (nSPS) is 17.8. The third-order valence-electron chi connectivity index (χ3n) is 3.44. The standard InChI is InChI=1S/C16H11ClO2/c17-14-9-18-15-12-7-3-1-5-10(12)11-6-2-4-8-13(11)16(15)19-14/h1-8,14H,9H2. The second kappa shape index (κ2) is 4.04. The Morgan fingerprint density at radius 1 is 0.789 bits per heavy atom. The molecular weight excluding hydrogens is 260 g/mol. The van der Waals surface area contributed by atoms with Crippen molar-refractivity contribution in [2.45, 2.75) is 5.56 Å². The van der Waals surface area contributed by atoms with Gasteiger partial charge in [0.05, 0.1) is 0 Å². The highest BCUT2D eigenvalue weighted by Crippen LogP contribution is 2.45. The molecule has 1 aliphatic rings. The molecular formula is C16H11ClO2. The first-order chi connectivity index (χ1) is 9.34. The van der Waals surface area contributed by atoms with Crippen molar-refractivity contribution in [3.05, 3.63) is 48.5 Å². The van der Waals surface area contributed by atoms with E-state index in [0.29, 0.717) is 6.61 Å². The van der Waals surface area contributed by atoms with Crippen LogP contribution < -0.4 is 9.47 Å². The van der Waals surface area contributed by atoms with Crippen LogP contribution in [0.1, 0.15) is 0 Å². The molecule has 0 bridgehead atoms. The minimum absolute atomic E-state index is 0.372. The maximum absolute atomic E-state index is 6.05. The average Bonchev–Trinajstić information content (AvgIpc) is 2.47. The first-order valence-electron chi connectivity index (χ1n) is 6.21. The van der Waals surface area contributed by atoms with Crippen LogP contribution in [0.2, 0.25) is 0 Å². The molecule has 0 fully saturated rings. The molecule has 1 atom stereocenters. The lowest BCUT2D eigenvalue weighted by Crippen LogP contribution is -2.23. The van der Waals surface area contributed by atoms with E-state index in [9.17, 15) is 0 Å². The van der Waals surface area contributed by atoms with E-state index in [1.165, 1.54) is 5.39 Å². The molecule has 0 aliphatic carbocycles. The molecule has 1 unspecified atom stereocenters. The zero-order valence-electron chi connectivity index (χ0n) is 10.1. The van der Waals surface area contributed by atoms with Gasteiger partial charge in [-0.2, -0.15) is 0 Å². The summed E-state index contributed by atoms with van der Waals surface area (Å²) in [7, 11) is 0. The molecule has 19 heavy (non-hydrogen) atoms. The van der Waals surface area contributed by atoms with E-state index in [4.69, 9.17) is 21.1 Å². The van der Waals surface area contributed by atoms with Gasteiger partial charge < -0.3 is 9.47 Å². The molecule has 0 spiro atoms. The largest absolute Gasteiger partial charge is 0.484 e. The Kier molecular flexibility index (Phi) is 2.32. The Morgan fingerprint density at radius 2 is 1.32 bits per heavy atom. The van der Waals surface area contributed by atoms with Crippen molar-refractivity contribution < 1.29 is 9.47 Å². The SMILES string of the molecule is ClC1COc2c(c3ccccc3c3ccccc23)O1. The van der Waals surface area contributed by atoms with Crippen LogP contribution >= 0.6 is 11.6 Å². The van der Waals surface area contributed by atoms with Crippen LogP contribution in [0.3, 0.4) is 0 Å². The van der Waals surface area contributed by atoms with E-state index in [0.717, 1.165) is 27.7 Å². The number of hydrogen-bond acceptors (Lipinski definition) is 2. The number of benzene rings is 3. The Labute approximate surface area is 115 Å². The third-order valence-corrected chi connectivity index (χ3v) is 3.66. The van der Waals surface area contributed by atoms with Gasteiger partial charge in [0.1, 0.15) is 6.61 Å². The number of fused-ring (bicyclic) bond motifs is 6. The maximum Gasteiger partial charge on any atom is 0.206 e. The summed E-state index contributed by atoms with van der Waals surface area (Å²) >= 11 is 6.05. The van der Waals surface area contributed by atoms with Crippen LogP contribution in [0.5, 0.6) is 11.5 Å². The number of alkyl halides is 1. The molecule has 3 heteroatoms. The van der Waals surface area contributed by atoms with E-state index in [-0.39, 0.29) is 0 Å². The van der Waals surface area contributed by atoms with Gasteiger partial charge in [-0.25, -0.2) is 0 Å². The fraction of sp³-hybridized carbons (Fsp3) is 0.125. The topological polar surface area (TPSA) is 18.5 Å². The number of halogens is 1. The molecule has 1 heterocycles. The zero-order valence-corrected chi connectivity index (χ0v) is 10.9. The average molecular weight is 271 g/mol. The van der Waals surface area contributed by atoms with Crippen molar-refractivity contribution in [2.24, 2.45) is 0 Å². The fourth-order valence-electron chi connectivity index (χ4n) is 2.65. The van der Waals surface area contributed by atoms with Gasteiger partial charge in [-0.05, 0) is 10.8 Å². The molecule has 1 aliphatic heterocycles. The monoisotopic (exact) mass is 270 g/mol.